The summed E-state index contributed by atoms with van der Waals surface area (Å²) in [7, 11) is 0. The lowest BCUT2D eigenvalue weighted by Gasteiger charge is -2.02. The van der Waals surface area contributed by atoms with Crippen LogP contribution in [-0.4, -0.2) is 10.1 Å². The zero-order valence-corrected chi connectivity index (χ0v) is 9.38. The number of nitrogens with zero attached hydrogens (tertiary/aromatic N) is 3. The molecule has 1 aromatic heterocycles. The van der Waals surface area contributed by atoms with Crippen LogP contribution in [0.5, 0.6) is 5.75 Å². The van der Waals surface area contributed by atoms with Gasteiger partial charge in [0.1, 0.15) is 5.75 Å². The Labute approximate surface area is 98.6 Å². The fourth-order valence-electron chi connectivity index (χ4n) is 1.29. The van der Waals surface area contributed by atoms with Gasteiger partial charge in [0, 0.05) is 6.42 Å². The van der Waals surface area contributed by atoms with Gasteiger partial charge in [-0.3, -0.25) is 0 Å². The van der Waals surface area contributed by atoms with Crippen LogP contribution in [0.1, 0.15) is 24.2 Å². The molecule has 0 amide bonds. The summed E-state index contributed by atoms with van der Waals surface area (Å²) in [5.41, 5.74) is 0.558. The fourth-order valence-corrected chi connectivity index (χ4v) is 1.29. The summed E-state index contributed by atoms with van der Waals surface area (Å²) >= 11 is 0. The lowest BCUT2D eigenvalue weighted by molar-refractivity contribution is 0.242. The van der Waals surface area contributed by atoms with E-state index in [4.69, 9.17) is 14.5 Å². The van der Waals surface area contributed by atoms with Gasteiger partial charge in [0.2, 0.25) is 0 Å². The lowest BCUT2D eigenvalue weighted by Crippen LogP contribution is -1.96. The van der Waals surface area contributed by atoms with Gasteiger partial charge in [0.15, 0.2) is 12.4 Å². The van der Waals surface area contributed by atoms with Crippen LogP contribution in [0.4, 0.5) is 0 Å². The number of hydrogen-bond donors (Lipinski definition) is 0. The first kappa shape index (κ1) is 11.1. The van der Waals surface area contributed by atoms with Gasteiger partial charge in [-0.25, -0.2) is 0 Å². The van der Waals surface area contributed by atoms with Gasteiger partial charge in [-0.15, -0.1) is 0 Å². The van der Waals surface area contributed by atoms with Crippen molar-refractivity contribution in [2.75, 3.05) is 0 Å². The van der Waals surface area contributed by atoms with Gasteiger partial charge in [-0.1, -0.05) is 18.1 Å². The Hall–Kier alpha value is -2.35. The predicted molar refractivity (Wildman–Crippen MR) is 59.2 cm³/mol. The Morgan fingerprint density at radius 1 is 1.47 bits per heavy atom. The third kappa shape index (κ3) is 2.82. The van der Waals surface area contributed by atoms with E-state index in [0.29, 0.717) is 23.0 Å². The van der Waals surface area contributed by atoms with Gasteiger partial charge < -0.3 is 9.26 Å². The van der Waals surface area contributed by atoms with Gasteiger partial charge in [0.25, 0.3) is 5.89 Å². The SMILES string of the molecule is CCc1noc(COc2cccc(C#N)c2)n1. The summed E-state index contributed by atoms with van der Waals surface area (Å²) in [6, 6.07) is 8.97. The highest BCUT2D eigenvalue weighted by molar-refractivity contribution is 5.36. The average Bonchev–Trinajstić information content (AvgIpc) is 2.84. The van der Waals surface area contributed by atoms with Crippen LogP contribution in [0.3, 0.4) is 0 Å². The van der Waals surface area contributed by atoms with Crippen LogP contribution in [0.15, 0.2) is 28.8 Å². The van der Waals surface area contributed by atoms with Crippen LogP contribution in [-0.2, 0) is 13.0 Å². The molecule has 0 fully saturated rings. The van der Waals surface area contributed by atoms with Crippen molar-refractivity contribution in [1.82, 2.24) is 10.1 Å². The molecule has 1 aromatic carbocycles. The fraction of sp³-hybridized carbons (Fsp3) is 0.250. The highest BCUT2D eigenvalue weighted by atomic mass is 16.5. The Morgan fingerprint density at radius 2 is 2.35 bits per heavy atom. The Balaban J connectivity index is 1.99. The molecule has 17 heavy (non-hydrogen) atoms. The maximum absolute atomic E-state index is 8.74. The van der Waals surface area contributed by atoms with Crippen LogP contribution < -0.4 is 4.74 Å². The minimum absolute atomic E-state index is 0.210. The first-order valence-corrected chi connectivity index (χ1v) is 5.26. The van der Waals surface area contributed by atoms with Crippen molar-refractivity contribution >= 4 is 0 Å². The number of nitriles is 1. The second-order valence-corrected chi connectivity index (χ2v) is 3.39. The van der Waals surface area contributed by atoms with Crippen LogP contribution in [0.2, 0.25) is 0 Å². The molecule has 86 valence electrons. The molecule has 0 aliphatic rings. The molecule has 0 aliphatic heterocycles. The highest BCUT2D eigenvalue weighted by Crippen LogP contribution is 2.14. The van der Waals surface area contributed by atoms with Gasteiger partial charge in [-0.2, -0.15) is 10.2 Å². The molecule has 2 aromatic rings. The summed E-state index contributed by atoms with van der Waals surface area (Å²) in [5, 5.41) is 12.5. The van der Waals surface area contributed by atoms with Gasteiger partial charge in [0.05, 0.1) is 11.6 Å². The highest BCUT2D eigenvalue weighted by Gasteiger charge is 2.05. The molecular weight excluding hydrogens is 218 g/mol. The number of rotatable bonds is 4. The Kier molecular flexibility index (Phi) is 3.36. The molecule has 0 unspecified atom stereocenters. The van der Waals surface area contributed by atoms with Gasteiger partial charge >= 0.3 is 0 Å². The second-order valence-electron chi connectivity index (χ2n) is 3.39. The molecule has 0 bridgehead atoms. The van der Waals surface area contributed by atoms with E-state index in [-0.39, 0.29) is 6.61 Å². The summed E-state index contributed by atoms with van der Waals surface area (Å²) in [4.78, 5) is 4.12. The molecule has 0 N–H and O–H groups in total. The Morgan fingerprint density at radius 3 is 3.06 bits per heavy atom. The first-order valence-electron chi connectivity index (χ1n) is 5.26. The van der Waals surface area contributed by atoms with E-state index in [1.54, 1.807) is 24.3 Å². The second kappa shape index (κ2) is 5.12. The van der Waals surface area contributed by atoms with E-state index in [1.165, 1.54) is 0 Å². The van der Waals surface area contributed by atoms with E-state index >= 15 is 0 Å². The molecule has 0 atom stereocenters. The average molecular weight is 229 g/mol. The first-order chi connectivity index (χ1) is 8.31. The minimum Gasteiger partial charge on any atom is -0.484 e. The van der Waals surface area contributed by atoms with Crippen molar-refractivity contribution in [3.8, 4) is 11.8 Å². The standard InChI is InChI=1S/C12H11N3O2/c1-2-11-14-12(17-15-11)8-16-10-5-3-4-9(6-10)7-13/h3-6H,2,8H2,1H3. The minimum atomic E-state index is 0.210. The zero-order valence-electron chi connectivity index (χ0n) is 9.38. The van der Waals surface area contributed by atoms with Crippen molar-refractivity contribution in [2.45, 2.75) is 20.0 Å². The zero-order chi connectivity index (χ0) is 12.1. The van der Waals surface area contributed by atoms with E-state index in [0.717, 1.165) is 6.42 Å². The Bertz CT molecular complexity index is 543. The van der Waals surface area contributed by atoms with Gasteiger partial charge in [-0.05, 0) is 18.2 Å². The van der Waals surface area contributed by atoms with Crippen molar-refractivity contribution in [1.29, 1.82) is 5.26 Å². The molecule has 5 heteroatoms. The van der Waals surface area contributed by atoms with Crippen molar-refractivity contribution in [3.05, 3.63) is 41.5 Å². The summed E-state index contributed by atoms with van der Waals surface area (Å²) in [5.74, 6) is 1.71. The van der Waals surface area contributed by atoms with E-state index in [2.05, 4.69) is 10.1 Å². The number of benzene rings is 1. The van der Waals surface area contributed by atoms with E-state index < -0.39 is 0 Å². The van der Waals surface area contributed by atoms with E-state index in [1.807, 2.05) is 13.0 Å². The summed E-state index contributed by atoms with van der Waals surface area (Å²) in [6.07, 6.45) is 0.730. The summed E-state index contributed by atoms with van der Waals surface area (Å²) < 4.78 is 10.4. The monoisotopic (exact) mass is 229 g/mol. The molecule has 0 radical (unpaired) electrons. The predicted octanol–water partition coefficient (Wildman–Crippen LogP) is 2.08. The van der Waals surface area contributed by atoms with Crippen LogP contribution in [0, 0.1) is 11.3 Å². The normalized spacial score (nSPS) is 9.88. The largest absolute Gasteiger partial charge is 0.484 e. The molecular formula is C12H11N3O2. The molecule has 2 rings (SSSR count). The maximum Gasteiger partial charge on any atom is 0.264 e. The quantitative estimate of drug-likeness (QED) is 0.802. The molecule has 0 saturated carbocycles. The molecule has 1 heterocycles. The van der Waals surface area contributed by atoms with Crippen molar-refractivity contribution in [3.63, 3.8) is 0 Å². The van der Waals surface area contributed by atoms with Crippen molar-refractivity contribution in [2.24, 2.45) is 0 Å². The maximum atomic E-state index is 8.74. The van der Waals surface area contributed by atoms with Crippen LogP contribution >= 0.6 is 0 Å². The number of aryl methyl sites for hydroxylation is 1. The number of hydrogen-bond acceptors (Lipinski definition) is 5. The molecule has 0 spiro atoms. The third-order valence-electron chi connectivity index (χ3n) is 2.15. The third-order valence-corrected chi connectivity index (χ3v) is 2.15. The number of ether oxygens (including phenoxy) is 1. The van der Waals surface area contributed by atoms with Crippen LogP contribution in [0.25, 0.3) is 0 Å². The topological polar surface area (TPSA) is 71.9 Å². The lowest BCUT2D eigenvalue weighted by atomic mass is 10.2. The molecule has 0 aliphatic carbocycles. The van der Waals surface area contributed by atoms with Crippen molar-refractivity contribution < 1.29 is 9.26 Å². The van der Waals surface area contributed by atoms with E-state index in [9.17, 15) is 0 Å². The summed E-state index contributed by atoms with van der Waals surface area (Å²) in [6.45, 7) is 2.16. The molecule has 5 nitrogen and oxygen atoms in total. The molecule has 0 saturated heterocycles. The smallest absolute Gasteiger partial charge is 0.264 e. The number of aromatic nitrogens is 2.